The van der Waals surface area contributed by atoms with E-state index in [-0.39, 0.29) is 48.0 Å². The minimum absolute atomic E-state index is 0. The lowest BCUT2D eigenvalue weighted by Crippen LogP contribution is -3.00. The van der Waals surface area contributed by atoms with Crippen LogP contribution >= 0.6 is 11.3 Å². The Bertz CT molecular complexity index is 1020. The standard InChI is InChI=1S/C24H29F3N4OS.2ClH/c1-15-30-20-12-29-14-23(21(20)33-15)13-28-11-19(23)22(32)31-8-7-17(16-5-3-2-4-6-16)9-18(31)10-24(25,26)27;;/h2-6,17-19,28-29H,7-14H2,1H3;2*1H/t17-,18+,19+,23+;;/m1../s1. The fourth-order valence-electron chi connectivity index (χ4n) is 6.28. The molecule has 2 saturated heterocycles. The van der Waals surface area contributed by atoms with Crippen LogP contribution in [0.4, 0.5) is 13.2 Å². The van der Waals surface area contributed by atoms with E-state index in [0.29, 0.717) is 25.9 Å². The Balaban J connectivity index is 0.00000171. The summed E-state index contributed by atoms with van der Waals surface area (Å²) in [6.07, 6.45) is -4.19. The van der Waals surface area contributed by atoms with Crippen molar-refractivity contribution in [3.8, 4) is 0 Å². The van der Waals surface area contributed by atoms with Gasteiger partial charge in [-0.2, -0.15) is 13.2 Å². The maximum Gasteiger partial charge on any atom is 0.391 e. The number of thiazole rings is 1. The Kier molecular flexibility index (Phi) is 8.80. The zero-order valence-corrected chi connectivity index (χ0v) is 21.9. The highest BCUT2D eigenvalue weighted by molar-refractivity contribution is 7.11. The molecule has 3 aliphatic rings. The third-order valence-corrected chi connectivity index (χ3v) is 8.95. The van der Waals surface area contributed by atoms with Gasteiger partial charge in [-0.1, -0.05) is 30.3 Å². The molecule has 4 atom stereocenters. The Morgan fingerprint density at radius 1 is 1.20 bits per heavy atom. The molecule has 0 aliphatic carbocycles. The van der Waals surface area contributed by atoms with Gasteiger partial charge in [0.15, 0.2) is 0 Å². The van der Waals surface area contributed by atoms with E-state index in [9.17, 15) is 18.0 Å². The monoisotopic (exact) mass is 550 g/mol. The number of quaternary nitrogens is 2. The number of nitrogens with two attached hydrogens (primary N) is 2. The molecule has 35 heavy (non-hydrogen) atoms. The molecule has 0 radical (unpaired) electrons. The van der Waals surface area contributed by atoms with Gasteiger partial charge in [0.25, 0.3) is 0 Å². The third kappa shape index (κ3) is 5.49. The predicted octanol–water partition coefficient (Wildman–Crippen LogP) is -4.31. The van der Waals surface area contributed by atoms with Crippen LogP contribution in [0.2, 0.25) is 0 Å². The Morgan fingerprint density at radius 2 is 1.91 bits per heavy atom. The number of rotatable bonds is 3. The number of carbonyl (C=O) groups is 1. The summed E-state index contributed by atoms with van der Waals surface area (Å²) in [6.45, 7) is 5.38. The second-order valence-corrected chi connectivity index (χ2v) is 11.0. The molecule has 1 aromatic heterocycles. The van der Waals surface area contributed by atoms with Gasteiger partial charge in [0, 0.05) is 12.6 Å². The predicted molar refractivity (Wildman–Crippen MR) is 119 cm³/mol. The summed E-state index contributed by atoms with van der Waals surface area (Å²) in [7, 11) is 0. The van der Waals surface area contributed by atoms with Crippen molar-refractivity contribution in [1.29, 1.82) is 0 Å². The number of hydrogen-bond donors (Lipinski definition) is 2. The molecule has 2 aromatic rings. The first kappa shape index (κ1) is 28.2. The third-order valence-electron chi connectivity index (χ3n) is 7.72. The molecule has 0 saturated carbocycles. The molecule has 5 rings (SSSR count). The van der Waals surface area contributed by atoms with Crippen molar-refractivity contribution in [2.45, 2.75) is 56.3 Å². The van der Waals surface area contributed by atoms with Crippen LogP contribution in [0.3, 0.4) is 0 Å². The van der Waals surface area contributed by atoms with E-state index in [0.717, 1.165) is 35.9 Å². The first-order valence-corrected chi connectivity index (χ1v) is 12.6. The number of likely N-dealkylation sites (tertiary alicyclic amines) is 1. The molecule has 194 valence electrons. The SMILES string of the molecule is Cc1nc2c(s1)[C@]1(C[NH2+]C2)C[NH2+]C[C@H]1C(=O)N1CC[C@@H](c2ccccc2)C[C@H]1CC(F)(F)F.[Cl-].[Cl-]. The topological polar surface area (TPSA) is 66.4 Å². The van der Waals surface area contributed by atoms with E-state index in [2.05, 4.69) is 15.6 Å². The molecule has 4 heterocycles. The molecule has 11 heteroatoms. The summed E-state index contributed by atoms with van der Waals surface area (Å²) in [5.41, 5.74) is 1.77. The van der Waals surface area contributed by atoms with Gasteiger partial charge in [0.1, 0.15) is 23.6 Å². The number of amides is 1. The van der Waals surface area contributed by atoms with Gasteiger partial charge in [-0.15, -0.1) is 11.3 Å². The quantitative estimate of drug-likeness (QED) is 0.406. The number of halogens is 5. The molecule has 3 aliphatic heterocycles. The smallest absolute Gasteiger partial charge is 0.391 e. The number of aryl methyl sites for hydroxylation is 1. The molecular formula is C24H31Cl2F3N4OS. The largest absolute Gasteiger partial charge is 1.00 e. The lowest BCUT2D eigenvalue weighted by atomic mass is 9.73. The highest BCUT2D eigenvalue weighted by Gasteiger charge is 2.58. The summed E-state index contributed by atoms with van der Waals surface area (Å²) in [4.78, 5) is 21.4. The maximum absolute atomic E-state index is 13.9. The van der Waals surface area contributed by atoms with Crippen LogP contribution in [-0.2, 0) is 16.8 Å². The number of carbonyl (C=O) groups excluding carboxylic acids is 1. The average Bonchev–Trinajstić information content (AvgIpc) is 3.37. The van der Waals surface area contributed by atoms with Gasteiger partial charge < -0.3 is 40.3 Å². The van der Waals surface area contributed by atoms with Crippen LogP contribution in [0.1, 0.15) is 46.3 Å². The van der Waals surface area contributed by atoms with Crippen LogP contribution in [0.15, 0.2) is 30.3 Å². The highest BCUT2D eigenvalue weighted by atomic mass is 35.5. The number of piperidine rings is 1. The molecular weight excluding hydrogens is 520 g/mol. The van der Waals surface area contributed by atoms with Crippen molar-refractivity contribution in [1.82, 2.24) is 9.88 Å². The second kappa shape index (κ2) is 10.9. The van der Waals surface area contributed by atoms with Gasteiger partial charge in [-0.25, -0.2) is 4.98 Å². The molecule has 2 fully saturated rings. The van der Waals surface area contributed by atoms with Gasteiger partial charge in [0.05, 0.1) is 35.9 Å². The average molecular weight is 552 g/mol. The van der Waals surface area contributed by atoms with Crippen molar-refractivity contribution < 1.29 is 53.4 Å². The number of fused-ring (bicyclic) bond motifs is 2. The molecule has 0 unspecified atom stereocenters. The zero-order valence-electron chi connectivity index (χ0n) is 19.5. The van der Waals surface area contributed by atoms with Gasteiger partial charge in [0.2, 0.25) is 5.91 Å². The fraction of sp³-hybridized carbons (Fsp3) is 0.583. The normalized spacial score (nSPS) is 28.2. The van der Waals surface area contributed by atoms with E-state index in [1.807, 2.05) is 37.3 Å². The number of hydrogen-bond acceptors (Lipinski definition) is 3. The Hall–Kier alpha value is -1.39. The summed E-state index contributed by atoms with van der Waals surface area (Å²) in [5.74, 6) is -0.362. The Morgan fingerprint density at radius 3 is 2.63 bits per heavy atom. The molecule has 0 bridgehead atoms. The van der Waals surface area contributed by atoms with Crippen molar-refractivity contribution in [2.24, 2.45) is 5.92 Å². The van der Waals surface area contributed by atoms with Gasteiger partial charge in [-0.05, 0) is 31.2 Å². The molecule has 5 nitrogen and oxygen atoms in total. The summed E-state index contributed by atoms with van der Waals surface area (Å²) in [6, 6.07) is 8.93. The molecule has 4 N–H and O–H groups in total. The minimum Gasteiger partial charge on any atom is -1.00 e. The van der Waals surface area contributed by atoms with E-state index in [1.165, 1.54) is 4.88 Å². The summed E-state index contributed by atoms with van der Waals surface area (Å²) >= 11 is 1.66. The van der Waals surface area contributed by atoms with E-state index in [1.54, 1.807) is 16.2 Å². The first-order chi connectivity index (χ1) is 15.8. The molecule has 1 amide bonds. The van der Waals surface area contributed by atoms with Crippen LogP contribution in [0.5, 0.6) is 0 Å². The molecule has 1 aromatic carbocycles. The van der Waals surface area contributed by atoms with Crippen LogP contribution in [-0.4, -0.2) is 54.2 Å². The number of nitrogens with zero attached hydrogens (tertiary/aromatic N) is 2. The lowest BCUT2D eigenvalue weighted by Gasteiger charge is -2.43. The van der Waals surface area contributed by atoms with Crippen molar-refractivity contribution in [2.75, 3.05) is 26.2 Å². The van der Waals surface area contributed by atoms with Gasteiger partial charge >= 0.3 is 6.18 Å². The minimum atomic E-state index is -4.30. The van der Waals surface area contributed by atoms with Crippen LogP contribution in [0.25, 0.3) is 0 Å². The number of aromatic nitrogens is 1. The lowest BCUT2D eigenvalue weighted by molar-refractivity contribution is -0.691. The van der Waals surface area contributed by atoms with Gasteiger partial charge in [-0.3, -0.25) is 4.79 Å². The van der Waals surface area contributed by atoms with Crippen molar-refractivity contribution in [3.63, 3.8) is 0 Å². The first-order valence-electron chi connectivity index (χ1n) is 11.8. The van der Waals surface area contributed by atoms with Crippen molar-refractivity contribution in [3.05, 3.63) is 51.5 Å². The molecule has 1 spiro atoms. The van der Waals surface area contributed by atoms with Crippen LogP contribution in [0, 0.1) is 12.8 Å². The zero-order chi connectivity index (χ0) is 23.2. The van der Waals surface area contributed by atoms with E-state index < -0.39 is 18.6 Å². The maximum atomic E-state index is 13.9. The summed E-state index contributed by atoms with van der Waals surface area (Å²) < 4.78 is 40.7. The number of alkyl halides is 3. The van der Waals surface area contributed by atoms with E-state index in [4.69, 9.17) is 0 Å². The van der Waals surface area contributed by atoms with Crippen molar-refractivity contribution >= 4 is 17.2 Å². The highest BCUT2D eigenvalue weighted by Crippen LogP contribution is 2.43. The second-order valence-electron chi connectivity index (χ2n) is 9.78. The van der Waals surface area contributed by atoms with Crippen LogP contribution < -0.4 is 35.4 Å². The number of benzene rings is 1. The fourth-order valence-corrected chi connectivity index (χ4v) is 7.49. The Labute approximate surface area is 220 Å². The summed E-state index contributed by atoms with van der Waals surface area (Å²) in [5, 5.41) is 5.36. The van der Waals surface area contributed by atoms with E-state index >= 15 is 0 Å².